The molecule has 0 spiro atoms. The average Bonchev–Trinajstić information content (AvgIpc) is 3.13. The van der Waals surface area contributed by atoms with Gasteiger partial charge in [-0.25, -0.2) is 14.0 Å². The van der Waals surface area contributed by atoms with Crippen molar-refractivity contribution in [2.24, 2.45) is 5.92 Å². The fraction of sp³-hybridized carbons (Fsp3) is 0.581. The first kappa shape index (κ1) is 42.7. The van der Waals surface area contributed by atoms with Gasteiger partial charge in [-0.3, -0.25) is 0 Å². The predicted octanol–water partition coefficient (Wildman–Crippen LogP) is 9.90. The summed E-state index contributed by atoms with van der Waals surface area (Å²) in [5, 5.41) is 0. The summed E-state index contributed by atoms with van der Waals surface area (Å²) in [4.78, 5) is 24.0. The van der Waals surface area contributed by atoms with Crippen LogP contribution in [0.1, 0.15) is 109 Å². The molecule has 0 atom stereocenters. The molecular formula is C43H61FO8. The van der Waals surface area contributed by atoms with Crippen molar-refractivity contribution in [3.8, 4) is 22.6 Å². The van der Waals surface area contributed by atoms with Crippen LogP contribution in [-0.2, 0) is 41.4 Å². The van der Waals surface area contributed by atoms with E-state index >= 15 is 4.39 Å². The van der Waals surface area contributed by atoms with Gasteiger partial charge in [0, 0.05) is 36.0 Å². The number of hydrogen-bond donors (Lipinski definition) is 0. The van der Waals surface area contributed by atoms with E-state index < -0.39 is 11.9 Å². The highest BCUT2D eigenvalue weighted by Crippen LogP contribution is 2.35. The Morgan fingerprint density at radius 1 is 0.769 bits per heavy atom. The summed E-state index contributed by atoms with van der Waals surface area (Å²) in [6, 6.07) is 8.87. The van der Waals surface area contributed by atoms with Crippen LogP contribution in [0.2, 0.25) is 0 Å². The van der Waals surface area contributed by atoms with Gasteiger partial charge in [0.25, 0.3) is 0 Å². The van der Waals surface area contributed by atoms with Crippen molar-refractivity contribution >= 4 is 11.9 Å². The summed E-state index contributed by atoms with van der Waals surface area (Å²) in [5.74, 6) is 0.292. The number of halogens is 1. The number of unbranched alkanes of at least 4 members (excludes halogenated alkanes) is 7. The minimum atomic E-state index is -0.441. The third-order valence-corrected chi connectivity index (χ3v) is 9.09. The van der Waals surface area contributed by atoms with E-state index in [1.807, 2.05) is 18.2 Å². The van der Waals surface area contributed by atoms with Crippen LogP contribution in [0.3, 0.4) is 0 Å². The molecule has 0 unspecified atom stereocenters. The third kappa shape index (κ3) is 15.9. The lowest BCUT2D eigenvalue weighted by molar-refractivity contribution is -0.139. The minimum absolute atomic E-state index is 0.0469. The Morgan fingerprint density at radius 2 is 1.35 bits per heavy atom. The zero-order valence-corrected chi connectivity index (χ0v) is 31.9. The second-order valence-electron chi connectivity index (χ2n) is 13.8. The van der Waals surface area contributed by atoms with Gasteiger partial charge in [0.1, 0.15) is 17.3 Å². The van der Waals surface area contributed by atoms with Crippen molar-refractivity contribution in [1.82, 2.24) is 0 Å². The summed E-state index contributed by atoms with van der Waals surface area (Å²) < 4.78 is 50.2. The van der Waals surface area contributed by atoms with Gasteiger partial charge in [-0.2, -0.15) is 0 Å². The minimum Gasteiger partial charge on any atom is -0.493 e. The first-order valence-corrected chi connectivity index (χ1v) is 19.2. The molecule has 0 amide bonds. The Balaban J connectivity index is 1.78. The maximum Gasteiger partial charge on any atom is 0.333 e. The second-order valence-corrected chi connectivity index (χ2v) is 13.8. The Morgan fingerprint density at radius 3 is 1.90 bits per heavy atom. The summed E-state index contributed by atoms with van der Waals surface area (Å²) in [6.07, 6.45) is 13.6. The van der Waals surface area contributed by atoms with Crippen LogP contribution in [0.25, 0.3) is 11.1 Å². The first-order chi connectivity index (χ1) is 25.2. The highest BCUT2D eigenvalue weighted by molar-refractivity contribution is 5.87. The highest BCUT2D eigenvalue weighted by Gasteiger charge is 2.18. The smallest absolute Gasteiger partial charge is 0.333 e. The molecule has 0 aliphatic carbocycles. The SMILES string of the molecule is C=C(C)C(=O)OCCCc1cc(-c2ccc(OCCCCCCCCCC)cc2F)cc(CCCOC(=O)C(=C)C)c1OCOCC1CCOCC1. The van der Waals surface area contributed by atoms with Crippen LogP contribution in [0, 0.1) is 11.7 Å². The number of aryl methyl sites for hydroxylation is 2. The van der Waals surface area contributed by atoms with E-state index in [2.05, 4.69) is 20.1 Å². The molecule has 1 heterocycles. The third-order valence-electron chi connectivity index (χ3n) is 9.09. The lowest BCUT2D eigenvalue weighted by Crippen LogP contribution is -2.21. The average molecular weight is 725 g/mol. The molecule has 0 N–H and O–H groups in total. The van der Waals surface area contributed by atoms with Crippen LogP contribution in [0.4, 0.5) is 4.39 Å². The van der Waals surface area contributed by atoms with E-state index in [0.717, 1.165) is 50.0 Å². The van der Waals surface area contributed by atoms with Crippen molar-refractivity contribution in [2.75, 3.05) is 46.4 Å². The molecule has 0 bridgehead atoms. The number of hydrogen-bond acceptors (Lipinski definition) is 8. The molecule has 1 aliphatic heterocycles. The van der Waals surface area contributed by atoms with Gasteiger partial charge >= 0.3 is 11.9 Å². The van der Waals surface area contributed by atoms with Crippen molar-refractivity contribution in [3.63, 3.8) is 0 Å². The zero-order chi connectivity index (χ0) is 37.6. The van der Waals surface area contributed by atoms with Gasteiger partial charge < -0.3 is 28.4 Å². The number of carbonyl (C=O) groups excluding carboxylic acids is 2. The maximum absolute atomic E-state index is 15.8. The Kier molecular flexibility index (Phi) is 20.2. The van der Waals surface area contributed by atoms with Crippen LogP contribution < -0.4 is 9.47 Å². The molecule has 2 aromatic rings. The van der Waals surface area contributed by atoms with Gasteiger partial charge in [0.05, 0.1) is 26.4 Å². The van der Waals surface area contributed by atoms with Gasteiger partial charge in [-0.15, -0.1) is 0 Å². The van der Waals surface area contributed by atoms with E-state index in [1.165, 1.54) is 44.6 Å². The second kappa shape index (κ2) is 24.5. The summed E-state index contributed by atoms with van der Waals surface area (Å²) in [7, 11) is 0. The summed E-state index contributed by atoms with van der Waals surface area (Å²) in [6.45, 7) is 15.8. The molecule has 8 nitrogen and oxygen atoms in total. The Bertz CT molecular complexity index is 1360. The molecular weight excluding hydrogens is 663 g/mol. The fourth-order valence-electron chi connectivity index (χ4n) is 6.04. The molecule has 1 saturated heterocycles. The quantitative estimate of drug-likeness (QED) is 0.0410. The molecule has 1 fully saturated rings. The van der Waals surface area contributed by atoms with Crippen molar-refractivity contribution in [2.45, 2.75) is 111 Å². The molecule has 1 aliphatic rings. The molecule has 2 aromatic carbocycles. The molecule has 0 aromatic heterocycles. The number of carbonyl (C=O) groups is 2. The van der Waals surface area contributed by atoms with Gasteiger partial charge in [-0.1, -0.05) is 65.0 Å². The van der Waals surface area contributed by atoms with Crippen LogP contribution in [0.15, 0.2) is 54.6 Å². The Hall–Kier alpha value is -3.69. The number of rotatable bonds is 26. The monoisotopic (exact) mass is 724 g/mol. The zero-order valence-electron chi connectivity index (χ0n) is 31.9. The summed E-state index contributed by atoms with van der Waals surface area (Å²) in [5.41, 5.74) is 3.46. The van der Waals surface area contributed by atoms with Crippen molar-refractivity contribution in [1.29, 1.82) is 0 Å². The Labute approximate surface area is 311 Å². The van der Waals surface area contributed by atoms with E-state index in [9.17, 15) is 9.59 Å². The van der Waals surface area contributed by atoms with E-state index in [1.54, 1.807) is 19.9 Å². The predicted molar refractivity (Wildman–Crippen MR) is 203 cm³/mol. The molecule has 3 rings (SSSR count). The van der Waals surface area contributed by atoms with Crippen molar-refractivity contribution < 1.29 is 42.4 Å². The summed E-state index contributed by atoms with van der Waals surface area (Å²) >= 11 is 0. The molecule has 0 radical (unpaired) electrons. The van der Waals surface area contributed by atoms with Gasteiger partial charge in [0.2, 0.25) is 0 Å². The van der Waals surface area contributed by atoms with Crippen LogP contribution in [-0.4, -0.2) is 58.4 Å². The van der Waals surface area contributed by atoms with Gasteiger partial charge in [-0.05, 0) is 106 Å². The maximum atomic E-state index is 15.8. The first-order valence-electron chi connectivity index (χ1n) is 19.2. The number of ether oxygens (including phenoxy) is 6. The number of benzene rings is 2. The molecule has 52 heavy (non-hydrogen) atoms. The highest BCUT2D eigenvalue weighted by atomic mass is 19.1. The van der Waals surface area contributed by atoms with Gasteiger partial charge in [0.15, 0.2) is 6.79 Å². The number of esters is 2. The normalized spacial score (nSPS) is 13.1. The molecule has 0 saturated carbocycles. The van der Waals surface area contributed by atoms with E-state index in [4.69, 9.17) is 28.4 Å². The molecule has 9 heteroatoms. The topological polar surface area (TPSA) is 89.5 Å². The standard InChI is InChI=1S/C43H61FO8/c1-6-7-8-9-10-11-12-13-22-49-38-18-19-39(40(44)29-38)37-27-35(16-14-23-50-42(45)32(2)3)41(52-31-48-30-34-20-25-47-26-21-34)36(28-37)17-15-24-51-43(46)33(4)5/h18-19,27-29,34H,2,4,6-17,20-26,30-31H2,1,3,5H3. The van der Waals surface area contributed by atoms with E-state index in [-0.39, 0.29) is 25.8 Å². The molecule has 288 valence electrons. The van der Waals surface area contributed by atoms with Crippen molar-refractivity contribution in [3.05, 3.63) is 71.6 Å². The lowest BCUT2D eigenvalue weighted by Gasteiger charge is -2.23. The largest absolute Gasteiger partial charge is 0.493 e. The van der Waals surface area contributed by atoms with E-state index in [0.29, 0.717) is 78.6 Å². The van der Waals surface area contributed by atoms with Crippen LogP contribution >= 0.6 is 0 Å². The lowest BCUT2D eigenvalue weighted by atomic mass is 9.94. The fourth-order valence-corrected chi connectivity index (χ4v) is 6.04. The van der Waals surface area contributed by atoms with Crippen LogP contribution in [0.5, 0.6) is 11.5 Å².